The number of nitrogens with two attached hydrogens (primary N) is 1. The van der Waals surface area contributed by atoms with Crippen molar-refractivity contribution in [1.82, 2.24) is 19.9 Å². The Labute approximate surface area is 212 Å². The number of alkyl halides is 3. The molecular weight excluding hydrogens is 504 g/mol. The van der Waals surface area contributed by atoms with Crippen molar-refractivity contribution in [3.8, 4) is 0 Å². The molecule has 12 heteroatoms. The number of anilines is 2. The van der Waals surface area contributed by atoms with Crippen molar-refractivity contribution in [3.63, 3.8) is 0 Å². The van der Waals surface area contributed by atoms with E-state index in [-0.39, 0.29) is 29.6 Å². The highest BCUT2D eigenvalue weighted by Crippen LogP contribution is 2.47. The van der Waals surface area contributed by atoms with E-state index in [1.807, 2.05) is 0 Å². The summed E-state index contributed by atoms with van der Waals surface area (Å²) >= 11 is 0. The van der Waals surface area contributed by atoms with Crippen molar-refractivity contribution in [1.29, 1.82) is 0 Å². The predicted molar refractivity (Wildman–Crippen MR) is 136 cm³/mol. The van der Waals surface area contributed by atoms with E-state index in [0.717, 1.165) is 18.9 Å². The lowest BCUT2D eigenvalue weighted by Gasteiger charge is -2.32. The quantitative estimate of drug-likeness (QED) is 0.376. The number of hydrogen-bond donors (Lipinski definition) is 2. The van der Waals surface area contributed by atoms with Crippen molar-refractivity contribution in [2.75, 3.05) is 36.5 Å². The monoisotopic (exact) mass is 532 g/mol. The number of halogens is 3. The molecule has 0 spiro atoms. The first-order valence-corrected chi connectivity index (χ1v) is 14.2. The van der Waals surface area contributed by atoms with Gasteiger partial charge in [-0.3, -0.25) is 9.78 Å². The van der Waals surface area contributed by atoms with Gasteiger partial charge in [-0.1, -0.05) is 0 Å². The molecule has 8 nitrogen and oxygen atoms in total. The van der Waals surface area contributed by atoms with E-state index in [1.165, 1.54) is 13.0 Å². The number of nitrogen functional groups attached to an aromatic ring is 1. The Morgan fingerprint density at radius 3 is 2.51 bits per heavy atom. The second kappa shape index (κ2) is 9.28. The minimum atomic E-state index is -4.52. The fourth-order valence-electron chi connectivity index (χ4n) is 4.78. The summed E-state index contributed by atoms with van der Waals surface area (Å²) in [5, 5.41) is 3.71. The Morgan fingerprint density at radius 1 is 1.16 bits per heavy atom. The van der Waals surface area contributed by atoms with Crippen LogP contribution in [0, 0.1) is 19.8 Å². The van der Waals surface area contributed by atoms with Crippen molar-refractivity contribution in [3.05, 3.63) is 46.9 Å². The van der Waals surface area contributed by atoms with Gasteiger partial charge in [-0.15, -0.1) is 0 Å². The van der Waals surface area contributed by atoms with Gasteiger partial charge in [-0.05, 0) is 56.0 Å². The fourth-order valence-corrected chi connectivity index (χ4v) is 7.22. The lowest BCUT2D eigenvalue weighted by Crippen LogP contribution is -2.42. The number of amides is 1. The molecule has 3 N–H and O–H groups in total. The maximum atomic E-state index is 13.8. The summed E-state index contributed by atoms with van der Waals surface area (Å²) in [7, 11) is -2.84. The van der Waals surface area contributed by atoms with E-state index in [4.69, 9.17) is 5.73 Å². The average Bonchev–Trinajstić information content (AvgIpc) is 3.69. The molecule has 5 rings (SSSR count). The summed E-state index contributed by atoms with van der Waals surface area (Å²) in [6.07, 6.45) is -0.371. The van der Waals surface area contributed by atoms with E-state index < -0.39 is 18.9 Å². The Bertz CT molecular complexity index is 1430. The number of benzene rings is 1. The smallest absolute Gasteiger partial charge is 0.399 e. The predicted octanol–water partition coefficient (Wildman–Crippen LogP) is 4.10. The lowest BCUT2D eigenvalue weighted by atomic mass is 10.0. The average molecular weight is 533 g/mol. The molecule has 0 unspecified atom stereocenters. The molecule has 3 aromatic rings. The third kappa shape index (κ3) is 5.14. The Morgan fingerprint density at radius 2 is 1.86 bits per heavy atom. The van der Waals surface area contributed by atoms with Gasteiger partial charge in [-0.25, -0.2) is 9.97 Å². The molecule has 0 atom stereocenters. The van der Waals surface area contributed by atoms with Gasteiger partial charge in [0.25, 0.3) is 0 Å². The van der Waals surface area contributed by atoms with E-state index in [0.29, 0.717) is 59.0 Å². The topological polar surface area (TPSA) is 114 Å². The summed E-state index contributed by atoms with van der Waals surface area (Å²) in [6.45, 7) is 4.06. The number of rotatable bonds is 5. The number of fused-ring (bicyclic) bond motifs is 1. The maximum Gasteiger partial charge on any atom is 0.416 e. The van der Waals surface area contributed by atoms with Gasteiger partial charge in [-0.2, -0.15) is 13.2 Å². The Hall–Kier alpha value is -3.20. The van der Waals surface area contributed by atoms with E-state index in [2.05, 4.69) is 20.3 Å². The number of aryl methyl sites for hydroxylation is 1. The standard InChI is InChI=1S/C25H28F3N6O2P/c1-14-17(9-18(29)10-20(14)25(26,27)28)12-31-23-19-11-22(30-13-21(19)32-15(2)33-23)37(36)7-5-34(6-8-37)24(35)16-3-4-16/h9-11,13,16H,3-8,12,29H2,1-2H3,(H,31,32,33). The Kier molecular flexibility index (Phi) is 6.38. The van der Waals surface area contributed by atoms with Gasteiger partial charge in [0.15, 0.2) is 0 Å². The molecule has 2 aromatic heterocycles. The zero-order valence-corrected chi connectivity index (χ0v) is 21.5. The van der Waals surface area contributed by atoms with Gasteiger partial charge in [0.1, 0.15) is 24.2 Å². The van der Waals surface area contributed by atoms with Gasteiger partial charge >= 0.3 is 6.18 Å². The van der Waals surface area contributed by atoms with Crippen LogP contribution in [-0.2, 0) is 22.1 Å². The molecule has 1 amide bonds. The molecule has 0 bridgehead atoms. The number of carbonyl (C=O) groups is 1. The van der Waals surface area contributed by atoms with Gasteiger partial charge in [0, 0.05) is 48.9 Å². The summed E-state index contributed by atoms with van der Waals surface area (Å²) < 4.78 is 54.2. The summed E-state index contributed by atoms with van der Waals surface area (Å²) in [6, 6.07) is 4.15. The highest BCUT2D eigenvalue weighted by atomic mass is 31.2. The number of nitrogens with zero attached hydrogens (tertiary/aromatic N) is 4. The highest BCUT2D eigenvalue weighted by Gasteiger charge is 2.39. The van der Waals surface area contributed by atoms with Crippen molar-refractivity contribution in [2.45, 2.75) is 39.4 Å². The molecule has 1 aliphatic heterocycles. The normalized spacial score (nSPS) is 17.7. The fraction of sp³-hybridized carbons (Fsp3) is 0.440. The zero-order valence-electron chi connectivity index (χ0n) is 20.6. The Balaban J connectivity index is 1.42. The molecule has 0 radical (unpaired) electrons. The van der Waals surface area contributed by atoms with Gasteiger partial charge in [0.2, 0.25) is 5.91 Å². The molecule has 2 aliphatic rings. The lowest BCUT2D eigenvalue weighted by molar-refractivity contribution is -0.138. The van der Waals surface area contributed by atoms with Crippen LogP contribution in [0.3, 0.4) is 0 Å². The number of nitrogens with one attached hydrogen (secondary N) is 1. The van der Waals surface area contributed by atoms with E-state index >= 15 is 0 Å². The largest absolute Gasteiger partial charge is 0.416 e. The third-order valence-electron chi connectivity index (χ3n) is 7.09. The van der Waals surface area contributed by atoms with Crippen molar-refractivity contribution < 1.29 is 22.5 Å². The van der Waals surface area contributed by atoms with Crippen LogP contribution < -0.4 is 16.5 Å². The first-order chi connectivity index (χ1) is 17.4. The van der Waals surface area contributed by atoms with E-state index in [9.17, 15) is 22.5 Å². The van der Waals surface area contributed by atoms with Crippen molar-refractivity contribution in [2.24, 2.45) is 5.92 Å². The maximum absolute atomic E-state index is 13.8. The molecule has 1 aromatic carbocycles. The SMILES string of the molecule is Cc1nc(NCc2cc(N)cc(C(F)(F)F)c2C)c2cc(P3(=O)CCN(C(=O)C4CC4)CC3)ncc2n1. The number of carbonyl (C=O) groups excluding carboxylic acids is 1. The molecule has 37 heavy (non-hydrogen) atoms. The molecule has 2 fully saturated rings. The summed E-state index contributed by atoms with van der Waals surface area (Å²) in [4.78, 5) is 27.5. The minimum absolute atomic E-state index is 0.0227. The van der Waals surface area contributed by atoms with Crippen LogP contribution in [0.1, 0.15) is 35.4 Å². The first-order valence-electron chi connectivity index (χ1n) is 12.2. The molecule has 1 saturated carbocycles. The summed E-state index contributed by atoms with van der Waals surface area (Å²) in [5.41, 5.74) is 6.47. The molecule has 3 heterocycles. The van der Waals surface area contributed by atoms with Crippen LogP contribution in [-0.4, -0.2) is 51.2 Å². The number of hydrogen-bond acceptors (Lipinski definition) is 7. The van der Waals surface area contributed by atoms with Gasteiger partial charge in [0.05, 0.1) is 17.3 Å². The van der Waals surface area contributed by atoms with Gasteiger partial charge < -0.3 is 20.5 Å². The molecule has 196 valence electrons. The van der Waals surface area contributed by atoms with E-state index in [1.54, 1.807) is 24.1 Å². The van der Waals surface area contributed by atoms with Crippen LogP contribution in [0.4, 0.5) is 24.7 Å². The third-order valence-corrected chi connectivity index (χ3v) is 10.0. The van der Waals surface area contributed by atoms with Crippen LogP contribution in [0.15, 0.2) is 24.4 Å². The molecular formula is C25H28F3N6O2P. The minimum Gasteiger partial charge on any atom is -0.399 e. The zero-order chi connectivity index (χ0) is 26.5. The van der Waals surface area contributed by atoms with Crippen LogP contribution in [0.5, 0.6) is 0 Å². The highest BCUT2D eigenvalue weighted by molar-refractivity contribution is 7.71. The first kappa shape index (κ1) is 25.4. The number of aromatic nitrogens is 3. The van der Waals surface area contributed by atoms with Crippen LogP contribution in [0.2, 0.25) is 0 Å². The molecule has 1 saturated heterocycles. The summed E-state index contributed by atoms with van der Waals surface area (Å²) in [5.74, 6) is 1.15. The second-order valence-corrected chi connectivity index (χ2v) is 13.0. The second-order valence-electron chi connectivity index (χ2n) is 9.82. The van der Waals surface area contributed by atoms with Crippen LogP contribution in [0.25, 0.3) is 10.9 Å². The molecule has 1 aliphatic carbocycles. The van der Waals surface area contributed by atoms with Crippen LogP contribution >= 0.6 is 7.14 Å². The number of pyridine rings is 1. The van der Waals surface area contributed by atoms with Crippen molar-refractivity contribution >= 4 is 40.9 Å².